The van der Waals surface area contributed by atoms with E-state index < -0.39 is 22.4 Å². The number of hydrogen-bond acceptors (Lipinski definition) is 6. The summed E-state index contributed by atoms with van der Waals surface area (Å²) in [6, 6.07) is 8.51. The molecule has 0 spiro atoms. The third kappa shape index (κ3) is 3.83. The smallest absolute Gasteiger partial charge is 0.344 e. The Morgan fingerprint density at radius 2 is 1.69 bits per heavy atom. The molecule has 3 rings (SSSR count). The van der Waals surface area contributed by atoms with Crippen molar-refractivity contribution in [3.05, 3.63) is 45.2 Å². The van der Waals surface area contributed by atoms with E-state index >= 15 is 0 Å². The minimum absolute atomic E-state index is 0.0522. The summed E-state index contributed by atoms with van der Waals surface area (Å²) < 4.78 is 0.383. The molecule has 2 fully saturated rings. The molecular weight excluding hydrogens is 408 g/mol. The van der Waals surface area contributed by atoms with Gasteiger partial charge >= 0.3 is 11.9 Å². The predicted molar refractivity (Wildman–Crippen MR) is 118 cm³/mol. The van der Waals surface area contributed by atoms with Crippen molar-refractivity contribution in [1.29, 1.82) is 0 Å². The van der Waals surface area contributed by atoms with Gasteiger partial charge in [-0.05, 0) is 32.5 Å². The average molecular weight is 437 g/mol. The van der Waals surface area contributed by atoms with Crippen molar-refractivity contribution in [2.24, 2.45) is 5.92 Å². The lowest BCUT2D eigenvalue weighted by Crippen LogP contribution is -2.64. The van der Waals surface area contributed by atoms with Crippen molar-refractivity contribution in [1.82, 2.24) is 9.80 Å². The topological polar surface area (TPSA) is 81.1 Å². The van der Waals surface area contributed by atoms with Crippen LogP contribution in [0.3, 0.4) is 0 Å². The maximum Gasteiger partial charge on any atom is 0.344 e. The summed E-state index contributed by atoms with van der Waals surface area (Å²) in [5.41, 5.74) is 1.86. The van der Waals surface area contributed by atoms with E-state index in [1.54, 1.807) is 0 Å². The van der Waals surface area contributed by atoms with Crippen LogP contribution in [-0.2, 0) is 9.59 Å². The number of hydrogen-bond donors (Lipinski definition) is 2. The molecular formula is C21H28N2O4S2. The van der Waals surface area contributed by atoms with Gasteiger partial charge in [-0.25, -0.2) is 9.59 Å². The van der Waals surface area contributed by atoms with Crippen molar-refractivity contribution < 1.29 is 19.8 Å². The lowest BCUT2D eigenvalue weighted by atomic mass is 9.79. The number of carboxylic acid groups (broad SMARTS) is 2. The Bertz CT molecular complexity index is 824. The second-order valence-corrected chi connectivity index (χ2v) is 10.7. The van der Waals surface area contributed by atoms with Crippen LogP contribution in [0, 0.1) is 12.8 Å². The van der Waals surface area contributed by atoms with Gasteiger partial charge < -0.3 is 10.2 Å². The third-order valence-corrected chi connectivity index (χ3v) is 9.35. The van der Waals surface area contributed by atoms with Crippen molar-refractivity contribution in [3.63, 3.8) is 0 Å². The standard InChI is InChI=1S/C21H28N2O4S2/c1-12(2)16(14-8-6-13(3)7-9-14)21-20(22(4)10-11-23(21)5)28-19(29-21)15(17(24)25)18(26)27/h6-9,12,16,20H,10-11H2,1-5H3,(H,24,25)(H,26,27). The van der Waals surface area contributed by atoms with E-state index in [0.717, 1.165) is 13.1 Å². The monoisotopic (exact) mass is 436 g/mol. The minimum atomic E-state index is -1.39. The van der Waals surface area contributed by atoms with E-state index in [0.29, 0.717) is 4.24 Å². The summed E-state index contributed by atoms with van der Waals surface area (Å²) in [7, 11) is 4.11. The number of carbonyl (C=O) groups is 2. The van der Waals surface area contributed by atoms with Crippen molar-refractivity contribution in [3.8, 4) is 0 Å². The minimum Gasteiger partial charge on any atom is -0.477 e. The average Bonchev–Trinajstić information content (AvgIpc) is 3.01. The van der Waals surface area contributed by atoms with E-state index in [1.165, 1.54) is 34.7 Å². The molecule has 0 bridgehead atoms. The van der Waals surface area contributed by atoms with Crippen molar-refractivity contribution in [2.45, 2.75) is 36.9 Å². The van der Waals surface area contributed by atoms with Crippen molar-refractivity contribution >= 4 is 35.5 Å². The van der Waals surface area contributed by atoms with Gasteiger partial charge in [0.1, 0.15) is 4.87 Å². The molecule has 2 N–H and O–H groups in total. The number of carboxylic acids is 2. The fourth-order valence-electron chi connectivity index (χ4n) is 4.39. The molecule has 2 aliphatic heterocycles. The Morgan fingerprint density at radius 3 is 2.21 bits per heavy atom. The Balaban J connectivity index is 2.21. The lowest BCUT2D eigenvalue weighted by Gasteiger charge is -2.54. The van der Waals surface area contributed by atoms with Crippen LogP contribution >= 0.6 is 23.5 Å². The zero-order valence-corrected chi connectivity index (χ0v) is 19.0. The number of piperazine rings is 1. The number of nitrogens with zero attached hydrogens (tertiary/aromatic N) is 2. The predicted octanol–water partition coefficient (Wildman–Crippen LogP) is 3.50. The zero-order chi connectivity index (χ0) is 21.5. The number of rotatable bonds is 5. The number of thioether (sulfide) groups is 2. The van der Waals surface area contributed by atoms with E-state index in [-0.39, 0.29) is 17.2 Å². The van der Waals surface area contributed by atoms with Gasteiger partial charge in [-0.1, -0.05) is 67.2 Å². The van der Waals surface area contributed by atoms with Gasteiger partial charge in [0, 0.05) is 19.0 Å². The summed E-state index contributed by atoms with van der Waals surface area (Å²) in [6.07, 6.45) is 0. The highest BCUT2D eigenvalue weighted by Crippen LogP contribution is 2.64. The maximum absolute atomic E-state index is 11.7. The molecule has 0 amide bonds. The van der Waals surface area contributed by atoms with Crippen LogP contribution in [0.1, 0.15) is 30.9 Å². The molecule has 0 saturated carbocycles. The van der Waals surface area contributed by atoms with E-state index in [4.69, 9.17) is 0 Å². The summed E-state index contributed by atoms with van der Waals surface area (Å²) in [5.74, 6) is -2.40. The van der Waals surface area contributed by atoms with Crippen LogP contribution in [0.25, 0.3) is 0 Å². The molecule has 6 nitrogen and oxygen atoms in total. The van der Waals surface area contributed by atoms with Crippen LogP contribution in [0.5, 0.6) is 0 Å². The van der Waals surface area contributed by atoms with Gasteiger partial charge in [-0.2, -0.15) is 0 Å². The van der Waals surface area contributed by atoms with Crippen LogP contribution in [0.2, 0.25) is 0 Å². The first-order valence-electron chi connectivity index (χ1n) is 9.64. The first kappa shape index (κ1) is 22.2. The number of fused-ring (bicyclic) bond motifs is 1. The highest BCUT2D eigenvalue weighted by Gasteiger charge is 2.60. The maximum atomic E-state index is 11.7. The Morgan fingerprint density at radius 1 is 1.10 bits per heavy atom. The number of benzene rings is 1. The molecule has 1 aromatic rings. The van der Waals surface area contributed by atoms with Gasteiger partial charge in [0.05, 0.1) is 9.61 Å². The number of aryl methyl sites for hydroxylation is 1. The highest BCUT2D eigenvalue weighted by atomic mass is 32.2. The molecule has 158 valence electrons. The highest BCUT2D eigenvalue weighted by molar-refractivity contribution is 8.26. The van der Waals surface area contributed by atoms with Crippen LogP contribution in [0.4, 0.5) is 0 Å². The normalized spacial score (nSPS) is 26.4. The molecule has 29 heavy (non-hydrogen) atoms. The third-order valence-electron chi connectivity index (χ3n) is 5.79. The molecule has 0 aromatic heterocycles. The summed E-state index contributed by atoms with van der Waals surface area (Å²) >= 11 is 2.80. The van der Waals surface area contributed by atoms with Crippen LogP contribution in [0.15, 0.2) is 34.1 Å². The molecule has 2 saturated heterocycles. The summed E-state index contributed by atoms with van der Waals surface area (Å²) in [6.45, 7) is 8.10. The Labute approximate surface area is 180 Å². The molecule has 3 unspecified atom stereocenters. The number of aliphatic carboxylic acids is 2. The zero-order valence-electron chi connectivity index (χ0n) is 17.4. The van der Waals surface area contributed by atoms with Gasteiger partial charge in [0.25, 0.3) is 0 Å². The lowest BCUT2D eigenvalue weighted by molar-refractivity contribution is -0.140. The van der Waals surface area contributed by atoms with Gasteiger partial charge in [0.2, 0.25) is 0 Å². The van der Waals surface area contributed by atoms with Crippen molar-refractivity contribution in [2.75, 3.05) is 27.2 Å². The fraction of sp³-hybridized carbons (Fsp3) is 0.524. The molecule has 0 aliphatic carbocycles. The van der Waals surface area contributed by atoms with Gasteiger partial charge in [-0.15, -0.1) is 0 Å². The summed E-state index contributed by atoms with van der Waals surface area (Å²) in [4.78, 5) is 27.5. The van der Waals surface area contributed by atoms with E-state index in [9.17, 15) is 19.8 Å². The second kappa shape index (κ2) is 8.34. The van der Waals surface area contributed by atoms with Crippen LogP contribution in [-0.4, -0.2) is 69.4 Å². The summed E-state index contributed by atoms with van der Waals surface area (Å²) in [5, 5.41) is 19.1. The first-order chi connectivity index (χ1) is 13.6. The molecule has 2 heterocycles. The Hall–Kier alpha value is -1.48. The molecule has 2 aliphatic rings. The van der Waals surface area contributed by atoms with Crippen LogP contribution < -0.4 is 0 Å². The second-order valence-electron chi connectivity index (χ2n) is 8.13. The largest absolute Gasteiger partial charge is 0.477 e. The van der Waals surface area contributed by atoms with Gasteiger partial charge in [0.15, 0.2) is 5.57 Å². The number of likely N-dealkylation sites (N-methyl/N-ethyl adjacent to an activating group) is 2. The molecule has 1 aromatic carbocycles. The SMILES string of the molecule is Cc1ccc(C(C(C)C)C23SC(=C(C(=O)O)C(=O)O)SC2N(C)CCN3C)cc1. The van der Waals surface area contributed by atoms with Gasteiger partial charge in [-0.3, -0.25) is 9.80 Å². The quantitative estimate of drug-likeness (QED) is 0.412. The fourth-order valence-corrected chi connectivity index (χ4v) is 8.45. The Kier molecular flexibility index (Phi) is 6.38. The molecule has 0 radical (unpaired) electrons. The molecule has 3 atom stereocenters. The van der Waals surface area contributed by atoms with E-state index in [2.05, 4.69) is 61.9 Å². The van der Waals surface area contributed by atoms with E-state index in [1.807, 2.05) is 7.05 Å². The molecule has 8 heteroatoms. The first-order valence-corrected chi connectivity index (χ1v) is 11.3.